The molecule has 0 aromatic heterocycles. The molecule has 172 valence electrons. The molecular formula is C25H27N3O5. The van der Waals surface area contributed by atoms with Crippen LogP contribution in [0.25, 0.3) is 0 Å². The van der Waals surface area contributed by atoms with Crippen molar-refractivity contribution in [2.45, 2.75) is 38.2 Å². The second-order valence-corrected chi connectivity index (χ2v) is 8.42. The molecule has 1 unspecified atom stereocenters. The Morgan fingerprint density at radius 3 is 2.33 bits per heavy atom. The molecule has 0 aliphatic carbocycles. The van der Waals surface area contributed by atoms with Crippen LogP contribution in [0.4, 0.5) is 10.5 Å². The Hall–Kier alpha value is -3.68. The number of anilines is 1. The maximum absolute atomic E-state index is 12.7. The molecule has 2 heterocycles. The molecule has 0 bridgehead atoms. The first-order valence-electron chi connectivity index (χ1n) is 11.2. The maximum atomic E-state index is 12.7. The number of benzene rings is 2. The minimum absolute atomic E-state index is 0.0824. The second-order valence-electron chi connectivity index (χ2n) is 8.42. The quantitative estimate of drug-likeness (QED) is 0.682. The molecule has 8 nitrogen and oxygen atoms in total. The van der Waals surface area contributed by atoms with Gasteiger partial charge in [0, 0.05) is 31.1 Å². The highest BCUT2D eigenvalue weighted by Gasteiger charge is 2.29. The van der Waals surface area contributed by atoms with Gasteiger partial charge in [-0.1, -0.05) is 42.5 Å². The average Bonchev–Trinajstić information content (AvgIpc) is 2.84. The molecule has 2 aliphatic rings. The summed E-state index contributed by atoms with van der Waals surface area (Å²) >= 11 is 0. The Bertz CT molecular complexity index is 1010. The third kappa shape index (κ3) is 5.77. The van der Waals surface area contributed by atoms with Gasteiger partial charge in [0.1, 0.15) is 6.61 Å². The molecule has 2 saturated heterocycles. The third-order valence-electron chi connectivity index (χ3n) is 6.15. The van der Waals surface area contributed by atoms with Gasteiger partial charge in [-0.05, 0) is 42.5 Å². The van der Waals surface area contributed by atoms with E-state index in [1.165, 1.54) is 0 Å². The number of hydrogen-bond donors (Lipinski definition) is 2. The van der Waals surface area contributed by atoms with Crippen molar-refractivity contribution in [3.8, 4) is 0 Å². The summed E-state index contributed by atoms with van der Waals surface area (Å²) in [6.07, 6.45) is 1.60. The monoisotopic (exact) mass is 449 g/mol. The Morgan fingerprint density at radius 1 is 0.970 bits per heavy atom. The molecule has 2 aromatic carbocycles. The lowest BCUT2D eigenvalue weighted by Crippen LogP contribution is -2.41. The van der Waals surface area contributed by atoms with Crippen LogP contribution in [0, 0.1) is 5.92 Å². The van der Waals surface area contributed by atoms with Crippen LogP contribution in [0.5, 0.6) is 0 Å². The minimum Gasteiger partial charge on any atom is -0.445 e. The van der Waals surface area contributed by atoms with E-state index in [1.54, 1.807) is 29.2 Å². The maximum Gasteiger partial charge on any atom is 0.410 e. The lowest BCUT2D eigenvalue weighted by atomic mass is 9.90. The number of likely N-dealkylation sites (tertiary alicyclic amines) is 1. The van der Waals surface area contributed by atoms with Crippen LogP contribution in [-0.4, -0.2) is 41.8 Å². The summed E-state index contributed by atoms with van der Waals surface area (Å²) in [6, 6.07) is 16.7. The molecular weight excluding hydrogens is 422 g/mol. The number of piperidine rings is 2. The average molecular weight is 450 g/mol. The summed E-state index contributed by atoms with van der Waals surface area (Å²) in [5.41, 5.74) is 2.41. The van der Waals surface area contributed by atoms with Gasteiger partial charge >= 0.3 is 6.09 Å². The van der Waals surface area contributed by atoms with Crippen molar-refractivity contribution < 1.29 is 23.9 Å². The predicted octanol–water partition coefficient (Wildman–Crippen LogP) is 3.19. The SMILES string of the molecule is O=C1CCC(c2ccc(NC(=O)C3CCN(C(=O)OCc4ccccc4)CC3)cc2)C(=O)N1. The van der Waals surface area contributed by atoms with E-state index in [0.717, 1.165) is 11.1 Å². The van der Waals surface area contributed by atoms with Crippen LogP contribution >= 0.6 is 0 Å². The predicted molar refractivity (Wildman–Crippen MR) is 121 cm³/mol. The zero-order chi connectivity index (χ0) is 23.2. The van der Waals surface area contributed by atoms with Gasteiger partial charge in [0.25, 0.3) is 0 Å². The van der Waals surface area contributed by atoms with Gasteiger partial charge in [-0.2, -0.15) is 0 Å². The van der Waals surface area contributed by atoms with Gasteiger partial charge in [0.05, 0.1) is 5.92 Å². The lowest BCUT2D eigenvalue weighted by Gasteiger charge is -2.30. The van der Waals surface area contributed by atoms with Gasteiger partial charge in [-0.25, -0.2) is 4.79 Å². The van der Waals surface area contributed by atoms with Crippen molar-refractivity contribution in [2.75, 3.05) is 18.4 Å². The molecule has 1 atom stereocenters. The second kappa shape index (κ2) is 10.3. The van der Waals surface area contributed by atoms with E-state index in [-0.39, 0.29) is 42.3 Å². The summed E-state index contributed by atoms with van der Waals surface area (Å²) in [4.78, 5) is 50.0. The van der Waals surface area contributed by atoms with Gasteiger partial charge in [0.15, 0.2) is 0 Å². The van der Waals surface area contributed by atoms with Crippen LogP contribution in [0.15, 0.2) is 54.6 Å². The molecule has 0 radical (unpaired) electrons. The first-order valence-corrected chi connectivity index (χ1v) is 11.2. The molecule has 4 amide bonds. The van der Waals surface area contributed by atoms with Crippen molar-refractivity contribution in [3.63, 3.8) is 0 Å². The number of amides is 4. The summed E-state index contributed by atoms with van der Waals surface area (Å²) < 4.78 is 5.37. The molecule has 0 spiro atoms. The molecule has 0 saturated carbocycles. The van der Waals surface area contributed by atoms with Crippen LogP contribution in [0.2, 0.25) is 0 Å². The van der Waals surface area contributed by atoms with E-state index in [4.69, 9.17) is 4.74 Å². The number of rotatable bonds is 5. The van der Waals surface area contributed by atoms with Crippen LogP contribution < -0.4 is 10.6 Å². The van der Waals surface area contributed by atoms with Crippen LogP contribution in [0.3, 0.4) is 0 Å². The van der Waals surface area contributed by atoms with E-state index >= 15 is 0 Å². The van der Waals surface area contributed by atoms with Crippen molar-refractivity contribution in [3.05, 3.63) is 65.7 Å². The Kier molecular flexibility index (Phi) is 7.02. The van der Waals surface area contributed by atoms with Gasteiger partial charge in [0.2, 0.25) is 17.7 Å². The highest BCUT2D eigenvalue weighted by atomic mass is 16.6. The normalized spacial score (nSPS) is 19.0. The summed E-state index contributed by atoms with van der Waals surface area (Å²) in [7, 11) is 0. The number of imide groups is 1. The van der Waals surface area contributed by atoms with Crippen molar-refractivity contribution in [1.82, 2.24) is 10.2 Å². The molecule has 2 aliphatic heterocycles. The summed E-state index contributed by atoms with van der Waals surface area (Å²) in [5, 5.41) is 5.28. The number of hydrogen-bond acceptors (Lipinski definition) is 5. The largest absolute Gasteiger partial charge is 0.445 e. The number of carbonyl (C=O) groups is 4. The first-order chi connectivity index (χ1) is 16.0. The van der Waals surface area contributed by atoms with E-state index < -0.39 is 0 Å². The molecule has 33 heavy (non-hydrogen) atoms. The fourth-order valence-corrected chi connectivity index (χ4v) is 4.19. The third-order valence-corrected chi connectivity index (χ3v) is 6.15. The van der Waals surface area contributed by atoms with Gasteiger partial charge in [-0.15, -0.1) is 0 Å². The molecule has 2 N–H and O–H groups in total. The highest BCUT2D eigenvalue weighted by Crippen LogP contribution is 2.26. The highest BCUT2D eigenvalue weighted by molar-refractivity contribution is 6.01. The zero-order valence-corrected chi connectivity index (χ0v) is 18.3. The van der Waals surface area contributed by atoms with E-state index in [2.05, 4.69) is 10.6 Å². The number of nitrogens with one attached hydrogen (secondary N) is 2. The van der Waals surface area contributed by atoms with Crippen molar-refractivity contribution in [2.24, 2.45) is 5.92 Å². The van der Waals surface area contributed by atoms with Gasteiger partial charge in [-0.3, -0.25) is 19.7 Å². The molecule has 2 aromatic rings. The first kappa shape index (κ1) is 22.5. The van der Waals surface area contributed by atoms with E-state index in [1.807, 2.05) is 30.3 Å². The van der Waals surface area contributed by atoms with E-state index in [9.17, 15) is 19.2 Å². The zero-order valence-electron chi connectivity index (χ0n) is 18.3. The number of carbonyl (C=O) groups excluding carboxylic acids is 4. The Labute approximate surface area is 192 Å². The summed E-state index contributed by atoms with van der Waals surface area (Å²) in [6.45, 7) is 1.18. The van der Waals surface area contributed by atoms with Crippen molar-refractivity contribution in [1.29, 1.82) is 0 Å². The standard InChI is InChI=1S/C25H27N3O5/c29-22-11-10-21(24(31)27-22)18-6-8-20(9-7-18)26-23(30)19-12-14-28(15-13-19)25(32)33-16-17-4-2-1-3-5-17/h1-9,19,21H,10-16H2,(H,26,30)(H,27,29,31). The Morgan fingerprint density at radius 2 is 1.67 bits per heavy atom. The molecule has 4 rings (SSSR count). The summed E-state index contributed by atoms with van der Waals surface area (Å²) in [5.74, 6) is -1.13. The molecule has 2 fully saturated rings. The number of nitrogens with zero attached hydrogens (tertiary/aromatic N) is 1. The topological polar surface area (TPSA) is 105 Å². The lowest BCUT2D eigenvalue weighted by molar-refractivity contribution is -0.134. The minimum atomic E-state index is -0.359. The smallest absolute Gasteiger partial charge is 0.410 e. The van der Waals surface area contributed by atoms with Gasteiger partial charge < -0.3 is 15.0 Å². The van der Waals surface area contributed by atoms with Crippen LogP contribution in [0.1, 0.15) is 42.7 Å². The van der Waals surface area contributed by atoms with Crippen LogP contribution in [-0.2, 0) is 25.7 Å². The van der Waals surface area contributed by atoms with E-state index in [0.29, 0.717) is 44.5 Å². The fraction of sp³-hybridized carbons (Fsp3) is 0.360. The van der Waals surface area contributed by atoms with Crippen molar-refractivity contribution >= 4 is 29.5 Å². The number of ether oxygens (including phenoxy) is 1. The fourth-order valence-electron chi connectivity index (χ4n) is 4.19. The Balaban J connectivity index is 1.23. The molecule has 8 heteroatoms.